The first-order valence-electron chi connectivity index (χ1n) is 6.17. The van der Waals surface area contributed by atoms with Gasteiger partial charge in [-0.05, 0) is 18.1 Å². The first-order chi connectivity index (χ1) is 9.08. The summed E-state index contributed by atoms with van der Waals surface area (Å²) in [4.78, 5) is 11.1. The van der Waals surface area contributed by atoms with Crippen LogP contribution in [0.2, 0.25) is 0 Å². The highest BCUT2D eigenvalue weighted by Gasteiger charge is 2.21. The van der Waals surface area contributed by atoms with Gasteiger partial charge in [0, 0.05) is 0 Å². The van der Waals surface area contributed by atoms with E-state index in [2.05, 4.69) is 10.4 Å². The van der Waals surface area contributed by atoms with Gasteiger partial charge in [0.15, 0.2) is 0 Å². The molecule has 0 amide bonds. The van der Waals surface area contributed by atoms with Crippen LogP contribution in [0, 0.1) is 5.92 Å². The van der Waals surface area contributed by atoms with Crippen molar-refractivity contribution in [3.05, 3.63) is 42.7 Å². The lowest BCUT2D eigenvalue weighted by Crippen LogP contribution is -2.34. The molecule has 5 nitrogen and oxygen atoms in total. The topological polar surface area (TPSA) is 67.2 Å². The zero-order valence-corrected chi connectivity index (χ0v) is 10.9. The van der Waals surface area contributed by atoms with Gasteiger partial charge >= 0.3 is 5.97 Å². The van der Waals surface area contributed by atoms with Crippen LogP contribution in [0.1, 0.15) is 13.8 Å². The molecule has 0 radical (unpaired) electrons. The molecular formula is C14H17N3O2. The summed E-state index contributed by atoms with van der Waals surface area (Å²) in [5.74, 6) is -0.861. The van der Waals surface area contributed by atoms with E-state index in [4.69, 9.17) is 5.11 Å². The molecule has 100 valence electrons. The number of aliphatic carboxylic acids is 1. The number of aromatic nitrogens is 2. The van der Waals surface area contributed by atoms with E-state index in [1.165, 1.54) is 0 Å². The Morgan fingerprint density at radius 1 is 1.32 bits per heavy atom. The van der Waals surface area contributed by atoms with Gasteiger partial charge in [-0.25, -0.2) is 9.48 Å². The molecule has 0 aliphatic carbocycles. The van der Waals surface area contributed by atoms with Gasteiger partial charge < -0.3 is 10.4 Å². The Kier molecular flexibility index (Phi) is 3.85. The third kappa shape index (κ3) is 3.13. The molecule has 19 heavy (non-hydrogen) atoms. The Morgan fingerprint density at radius 2 is 2.00 bits per heavy atom. The Hall–Kier alpha value is -2.30. The molecule has 1 unspecified atom stereocenters. The lowest BCUT2D eigenvalue weighted by Gasteiger charge is -2.17. The fraction of sp³-hybridized carbons (Fsp3) is 0.286. The van der Waals surface area contributed by atoms with Crippen molar-refractivity contribution < 1.29 is 9.90 Å². The number of nitrogens with one attached hydrogen (secondary N) is 1. The van der Waals surface area contributed by atoms with Crippen molar-refractivity contribution in [1.82, 2.24) is 9.78 Å². The lowest BCUT2D eigenvalue weighted by molar-refractivity contribution is -0.138. The number of carboxylic acids is 1. The summed E-state index contributed by atoms with van der Waals surface area (Å²) in [6, 6.07) is 9.05. The lowest BCUT2D eigenvalue weighted by atomic mass is 10.0. The highest BCUT2D eigenvalue weighted by molar-refractivity contribution is 5.77. The van der Waals surface area contributed by atoms with Crippen molar-refractivity contribution in [1.29, 1.82) is 0 Å². The average Bonchev–Trinajstić information content (AvgIpc) is 2.85. The van der Waals surface area contributed by atoms with Gasteiger partial charge in [0.2, 0.25) is 0 Å². The SMILES string of the molecule is CC(C)C(Nc1cnn(-c2ccccc2)c1)C(=O)O. The molecular weight excluding hydrogens is 242 g/mol. The number of hydrogen-bond donors (Lipinski definition) is 2. The summed E-state index contributed by atoms with van der Waals surface area (Å²) in [7, 11) is 0. The fourth-order valence-electron chi connectivity index (χ4n) is 1.81. The Labute approximate surface area is 111 Å². The molecule has 0 spiro atoms. The summed E-state index contributed by atoms with van der Waals surface area (Å²) < 4.78 is 1.71. The van der Waals surface area contributed by atoms with Gasteiger partial charge in [-0.15, -0.1) is 0 Å². The molecule has 1 aromatic carbocycles. The van der Waals surface area contributed by atoms with E-state index in [0.717, 1.165) is 5.69 Å². The second-order valence-corrected chi connectivity index (χ2v) is 4.71. The van der Waals surface area contributed by atoms with Crippen LogP contribution in [0.4, 0.5) is 5.69 Å². The second kappa shape index (κ2) is 5.56. The predicted octanol–water partition coefficient (Wildman–Crippen LogP) is 2.39. The Morgan fingerprint density at radius 3 is 2.58 bits per heavy atom. The van der Waals surface area contributed by atoms with Crippen LogP contribution in [-0.2, 0) is 4.79 Å². The molecule has 1 heterocycles. The van der Waals surface area contributed by atoms with Crippen LogP contribution in [0.3, 0.4) is 0 Å². The molecule has 2 rings (SSSR count). The summed E-state index contributed by atoms with van der Waals surface area (Å²) >= 11 is 0. The van der Waals surface area contributed by atoms with Crippen LogP contribution in [0.25, 0.3) is 5.69 Å². The molecule has 0 fully saturated rings. The zero-order valence-electron chi connectivity index (χ0n) is 10.9. The van der Waals surface area contributed by atoms with Crippen molar-refractivity contribution >= 4 is 11.7 Å². The maximum absolute atomic E-state index is 11.1. The number of carbonyl (C=O) groups is 1. The van der Waals surface area contributed by atoms with Gasteiger partial charge in [-0.1, -0.05) is 32.0 Å². The van der Waals surface area contributed by atoms with Crippen molar-refractivity contribution in [3.8, 4) is 5.69 Å². The third-order valence-corrected chi connectivity index (χ3v) is 2.86. The van der Waals surface area contributed by atoms with Gasteiger partial charge in [-0.2, -0.15) is 5.10 Å². The molecule has 1 atom stereocenters. The van der Waals surface area contributed by atoms with Gasteiger partial charge in [0.05, 0.1) is 23.8 Å². The fourth-order valence-corrected chi connectivity index (χ4v) is 1.81. The van der Waals surface area contributed by atoms with E-state index in [1.807, 2.05) is 44.2 Å². The van der Waals surface area contributed by atoms with Gasteiger partial charge in [0.25, 0.3) is 0 Å². The Balaban J connectivity index is 2.16. The van der Waals surface area contributed by atoms with Crippen LogP contribution < -0.4 is 5.32 Å². The smallest absolute Gasteiger partial charge is 0.326 e. The summed E-state index contributed by atoms with van der Waals surface area (Å²) in [5.41, 5.74) is 1.64. The van der Waals surface area contributed by atoms with Gasteiger partial charge in [-0.3, -0.25) is 0 Å². The van der Waals surface area contributed by atoms with Gasteiger partial charge in [0.1, 0.15) is 6.04 Å². The van der Waals surface area contributed by atoms with Crippen molar-refractivity contribution in [3.63, 3.8) is 0 Å². The molecule has 5 heteroatoms. The molecule has 0 saturated carbocycles. The highest BCUT2D eigenvalue weighted by Crippen LogP contribution is 2.15. The predicted molar refractivity (Wildman–Crippen MR) is 73.4 cm³/mol. The van der Waals surface area contributed by atoms with Crippen LogP contribution in [0.5, 0.6) is 0 Å². The average molecular weight is 259 g/mol. The van der Waals surface area contributed by atoms with E-state index in [-0.39, 0.29) is 5.92 Å². The maximum Gasteiger partial charge on any atom is 0.326 e. The molecule has 2 N–H and O–H groups in total. The van der Waals surface area contributed by atoms with E-state index in [9.17, 15) is 4.79 Å². The minimum absolute atomic E-state index is 0.00225. The number of anilines is 1. The van der Waals surface area contributed by atoms with Crippen LogP contribution in [-0.4, -0.2) is 26.9 Å². The minimum atomic E-state index is -0.859. The minimum Gasteiger partial charge on any atom is -0.480 e. The van der Waals surface area contributed by atoms with E-state index in [0.29, 0.717) is 5.69 Å². The maximum atomic E-state index is 11.1. The summed E-state index contributed by atoms with van der Waals surface area (Å²) in [6.07, 6.45) is 3.42. The van der Waals surface area contributed by atoms with E-state index < -0.39 is 12.0 Å². The third-order valence-electron chi connectivity index (χ3n) is 2.86. The van der Waals surface area contributed by atoms with E-state index >= 15 is 0 Å². The number of para-hydroxylation sites is 1. The van der Waals surface area contributed by atoms with Crippen molar-refractivity contribution in [2.75, 3.05) is 5.32 Å². The van der Waals surface area contributed by atoms with Crippen LogP contribution in [0.15, 0.2) is 42.7 Å². The number of hydrogen-bond acceptors (Lipinski definition) is 3. The highest BCUT2D eigenvalue weighted by atomic mass is 16.4. The Bertz CT molecular complexity index is 549. The number of nitrogens with zero attached hydrogens (tertiary/aromatic N) is 2. The first kappa shape index (κ1) is 13.1. The van der Waals surface area contributed by atoms with Crippen LogP contribution >= 0.6 is 0 Å². The number of rotatable bonds is 5. The molecule has 0 saturated heterocycles. The molecule has 0 aliphatic rings. The summed E-state index contributed by atoms with van der Waals surface area (Å²) in [6.45, 7) is 3.74. The van der Waals surface area contributed by atoms with E-state index in [1.54, 1.807) is 17.1 Å². The van der Waals surface area contributed by atoms with Crippen molar-refractivity contribution in [2.24, 2.45) is 5.92 Å². The second-order valence-electron chi connectivity index (χ2n) is 4.71. The summed E-state index contributed by atoms with van der Waals surface area (Å²) in [5, 5.41) is 16.3. The largest absolute Gasteiger partial charge is 0.480 e. The number of benzene rings is 1. The molecule has 2 aromatic rings. The monoisotopic (exact) mass is 259 g/mol. The zero-order chi connectivity index (χ0) is 13.8. The first-order valence-corrected chi connectivity index (χ1v) is 6.17. The molecule has 0 bridgehead atoms. The quantitative estimate of drug-likeness (QED) is 0.865. The normalized spacial score (nSPS) is 12.4. The van der Waals surface area contributed by atoms with Crippen molar-refractivity contribution in [2.45, 2.75) is 19.9 Å². The molecule has 0 aliphatic heterocycles. The standard InChI is InChI=1S/C14H17N3O2/c1-10(2)13(14(18)19)16-11-8-15-17(9-11)12-6-4-3-5-7-12/h3-10,13,16H,1-2H3,(H,18,19). The molecule has 1 aromatic heterocycles. The number of carboxylic acid groups (broad SMARTS) is 1.